The molecule has 0 fully saturated rings. The molecular formula is C18H16O6. The number of ketones is 1. The molecule has 0 unspecified atom stereocenters. The quantitative estimate of drug-likeness (QED) is 0.672. The highest BCUT2D eigenvalue weighted by molar-refractivity contribution is 6.09. The number of aromatic hydroxyl groups is 1. The van der Waals surface area contributed by atoms with Gasteiger partial charge < -0.3 is 24.1 Å². The van der Waals surface area contributed by atoms with Gasteiger partial charge in [0.1, 0.15) is 11.5 Å². The summed E-state index contributed by atoms with van der Waals surface area (Å²) in [7, 11) is 3.03. The molecule has 0 saturated carbocycles. The highest BCUT2D eigenvalue weighted by atomic mass is 16.7. The van der Waals surface area contributed by atoms with Gasteiger partial charge in [-0.3, -0.25) is 4.79 Å². The van der Waals surface area contributed by atoms with Crippen LogP contribution in [0.5, 0.6) is 28.7 Å². The zero-order valence-electron chi connectivity index (χ0n) is 13.2. The smallest absolute Gasteiger partial charge is 0.231 e. The molecule has 0 spiro atoms. The number of hydrogen-bond acceptors (Lipinski definition) is 6. The molecular weight excluding hydrogens is 312 g/mol. The highest BCUT2D eigenvalue weighted by Gasteiger charge is 2.18. The minimum absolute atomic E-state index is 0.0314. The highest BCUT2D eigenvalue weighted by Crippen LogP contribution is 2.41. The summed E-state index contributed by atoms with van der Waals surface area (Å²) in [5, 5.41) is 9.88. The third-order valence-corrected chi connectivity index (χ3v) is 3.57. The number of rotatable bonds is 5. The van der Waals surface area contributed by atoms with Gasteiger partial charge in [0.2, 0.25) is 12.5 Å². The van der Waals surface area contributed by atoms with Crippen LogP contribution in [0.1, 0.15) is 15.9 Å². The van der Waals surface area contributed by atoms with Gasteiger partial charge in [-0.25, -0.2) is 0 Å². The average Bonchev–Trinajstić information content (AvgIpc) is 3.08. The molecule has 0 bridgehead atoms. The first-order valence-electron chi connectivity index (χ1n) is 7.19. The standard InChI is InChI=1S/C18H16O6/c1-21-12-4-6-16(22-2)13(9-12)14(19)5-3-11-7-15(20)18-17(8-11)23-10-24-18/h3-9,20H,10H2,1-2H3. The van der Waals surface area contributed by atoms with Crippen LogP contribution in [0.4, 0.5) is 0 Å². The van der Waals surface area contributed by atoms with Gasteiger partial charge in [-0.2, -0.15) is 0 Å². The Kier molecular flexibility index (Phi) is 4.29. The van der Waals surface area contributed by atoms with Crippen LogP contribution in [0.2, 0.25) is 0 Å². The fourth-order valence-electron chi connectivity index (χ4n) is 2.38. The maximum Gasteiger partial charge on any atom is 0.231 e. The molecule has 0 amide bonds. The number of carbonyl (C=O) groups excluding carboxylic acids is 1. The predicted octanol–water partition coefficient (Wildman–Crippen LogP) is 3.03. The van der Waals surface area contributed by atoms with Crippen molar-refractivity contribution in [1.82, 2.24) is 0 Å². The molecule has 1 aliphatic rings. The van der Waals surface area contributed by atoms with E-state index < -0.39 is 0 Å². The van der Waals surface area contributed by atoms with Crippen LogP contribution in [0.3, 0.4) is 0 Å². The first-order valence-corrected chi connectivity index (χ1v) is 7.19. The number of fused-ring (bicyclic) bond motifs is 1. The molecule has 0 saturated heterocycles. The van der Waals surface area contributed by atoms with Gasteiger partial charge in [-0.15, -0.1) is 0 Å². The molecule has 2 aromatic rings. The summed E-state index contributed by atoms with van der Waals surface area (Å²) in [5.41, 5.74) is 1.00. The van der Waals surface area contributed by atoms with Gasteiger partial charge in [0, 0.05) is 0 Å². The lowest BCUT2D eigenvalue weighted by Crippen LogP contribution is -1.99. The van der Waals surface area contributed by atoms with Crippen molar-refractivity contribution in [2.75, 3.05) is 21.0 Å². The molecule has 1 aliphatic heterocycles. The second-order valence-electron chi connectivity index (χ2n) is 5.04. The van der Waals surface area contributed by atoms with Crippen LogP contribution >= 0.6 is 0 Å². The Morgan fingerprint density at radius 1 is 1.17 bits per heavy atom. The molecule has 1 heterocycles. The van der Waals surface area contributed by atoms with Crippen molar-refractivity contribution >= 4 is 11.9 Å². The van der Waals surface area contributed by atoms with Gasteiger partial charge in [0.05, 0.1) is 19.8 Å². The van der Waals surface area contributed by atoms with E-state index in [1.165, 1.54) is 26.4 Å². The molecule has 124 valence electrons. The van der Waals surface area contributed by atoms with Crippen LogP contribution in [0, 0.1) is 0 Å². The first kappa shape index (κ1) is 15.7. The number of carbonyl (C=O) groups is 1. The number of allylic oxidation sites excluding steroid dienone is 1. The normalized spacial score (nSPS) is 12.4. The lowest BCUT2D eigenvalue weighted by Gasteiger charge is -2.08. The number of hydrogen-bond donors (Lipinski definition) is 1. The van der Waals surface area contributed by atoms with E-state index in [0.717, 1.165) is 0 Å². The van der Waals surface area contributed by atoms with E-state index in [-0.39, 0.29) is 18.3 Å². The summed E-state index contributed by atoms with van der Waals surface area (Å²) in [5.74, 6) is 1.50. The Morgan fingerprint density at radius 2 is 2.00 bits per heavy atom. The van der Waals surface area contributed by atoms with E-state index in [1.807, 2.05) is 0 Å². The largest absolute Gasteiger partial charge is 0.504 e. The molecule has 0 radical (unpaired) electrons. The van der Waals surface area contributed by atoms with E-state index in [4.69, 9.17) is 18.9 Å². The van der Waals surface area contributed by atoms with Crippen molar-refractivity contribution < 1.29 is 28.8 Å². The Hall–Kier alpha value is -3.15. The fourth-order valence-corrected chi connectivity index (χ4v) is 2.38. The van der Waals surface area contributed by atoms with Gasteiger partial charge >= 0.3 is 0 Å². The number of phenolic OH excluding ortho intramolecular Hbond substituents is 1. The van der Waals surface area contributed by atoms with E-state index in [1.54, 1.807) is 30.3 Å². The maximum absolute atomic E-state index is 12.4. The van der Waals surface area contributed by atoms with Crippen LogP contribution in [0.25, 0.3) is 6.08 Å². The molecule has 1 N–H and O–H groups in total. The Labute approximate surface area is 138 Å². The predicted molar refractivity (Wildman–Crippen MR) is 87.1 cm³/mol. The molecule has 0 aromatic heterocycles. The summed E-state index contributed by atoms with van der Waals surface area (Å²) in [4.78, 5) is 12.4. The van der Waals surface area contributed by atoms with Crippen LogP contribution in [0.15, 0.2) is 36.4 Å². The minimum Gasteiger partial charge on any atom is -0.504 e. The van der Waals surface area contributed by atoms with Crippen molar-refractivity contribution in [2.24, 2.45) is 0 Å². The third-order valence-electron chi connectivity index (χ3n) is 3.57. The molecule has 3 rings (SSSR count). The lowest BCUT2D eigenvalue weighted by atomic mass is 10.1. The third kappa shape index (κ3) is 2.99. The second-order valence-corrected chi connectivity index (χ2v) is 5.04. The Balaban J connectivity index is 1.87. The van der Waals surface area contributed by atoms with E-state index in [2.05, 4.69) is 0 Å². The molecule has 6 nitrogen and oxygen atoms in total. The maximum atomic E-state index is 12.4. The van der Waals surface area contributed by atoms with Crippen molar-refractivity contribution in [2.45, 2.75) is 0 Å². The van der Waals surface area contributed by atoms with Crippen molar-refractivity contribution in [3.05, 3.63) is 47.5 Å². The lowest BCUT2D eigenvalue weighted by molar-refractivity contribution is 0.104. The minimum atomic E-state index is -0.247. The SMILES string of the molecule is COc1ccc(OC)c(C(=O)C=Cc2cc(O)c3c(c2)OCO3)c1. The van der Waals surface area contributed by atoms with Gasteiger partial charge in [-0.05, 0) is 42.0 Å². The Bertz CT molecular complexity index is 809. The van der Waals surface area contributed by atoms with Crippen molar-refractivity contribution in [3.63, 3.8) is 0 Å². The number of phenols is 1. The molecule has 0 aliphatic carbocycles. The van der Waals surface area contributed by atoms with E-state index in [0.29, 0.717) is 34.1 Å². The zero-order chi connectivity index (χ0) is 17.1. The molecule has 24 heavy (non-hydrogen) atoms. The molecule has 0 atom stereocenters. The summed E-state index contributed by atoms with van der Waals surface area (Å²) in [6.07, 6.45) is 2.98. The van der Waals surface area contributed by atoms with Crippen molar-refractivity contribution in [3.8, 4) is 28.7 Å². The summed E-state index contributed by atoms with van der Waals surface area (Å²) in [6, 6.07) is 8.19. The van der Waals surface area contributed by atoms with Crippen molar-refractivity contribution in [1.29, 1.82) is 0 Å². The van der Waals surface area contributed by atoms with E-state index in [9.17, 15) is 9.90 Å². The number of ether oxygens (including phenoxy) is 4. The topological polar surface area (TPSA) is 74.2 Å². The average molecular weight is 328 g/mol. The van der Waals surface area contributed by atoms with Gasteiger partial charge in [0.25, 0.3) is 0 Å². The van der Waals surface area contributed by atoms with Crippen LogP contribution in [-0.4, -0.2) is 31.9 Å². The number of benzene rings is 2. The second kappa shape index (κ2) is 6.54. The Morgan fingerprint density at radius 3 is 2.75 bits per heavy atom. The van der Waals surface area contributed by atoms with Crippen LogP contribution in [-0.2, 0) is 0 Å². The fraction of sp³-hybridized carbons (Fsp3) is 0.167. The van der Waals surface area contributed by atoms with Crippen LogP contribution < -0.4 is 18.9 Å². The van der Waals surface area contributed by atoms with E-state index >= 15 is 0 Å². The number of methoxy groups -OCH3 is 2. The summed E-state index contributed by atoms with van der Waals surface area (Å²) < 4.78 is 20.7. The molecule has 2 aromatic carbocycles. The van der Waals surface area contributed by atoms with Gasteiger partial charge in [-0.1, -0.05) is 6.08 Å². The summed E-state index contributed by atoms with van der Waals surface area (Å²) in [6.45, 7) is 0.0655. The monoisotopic (exact) mass is 328 g/mol. The summed E-state index contributed by atoms with van der Waals surface area (Å²) >= 11 is 0. The first-order chi connectivity index (χ1) is 11.6. The van der Waals surface area contributed by atoms with Gasteiger partial charge in [0.15, 0.2) is 17.3 Å². The zero-order valence-corrected chi connectivity index (χ0v) is 13.2. The molecule has 6 heteroatoms.